The fraction of sp³-hybridized carbons (Fsp3) is 0.500. The molecular formula is C10H11IN4OZn-. The molecule has 5 nitrogen and oxygen atoms in total. The molecule has 1 saturated heterocycles. The van der Waals surface area contributed by atoms with E-state index in [0.717, 1.165) is 25.6 Å². The van der Waals surface area contributed by atoms with Crippen LogP contribution in [0.4, 0.5) is 0 Å². The summed E-state index contributed by atoms with van der Waals surface area (Å²) in [6.07, 6.45) is 7.48. The summed E-state index contributed by atoms with van der Waals surface area (Å²) >= 11 is 0. The van der Waals surface area contributed by atoms with Crippen LogP contribution < -0.4 is 24.0 Å². The van der Waals surface area contributed by atoms with Crippen LogP contribution in [-0.2, 0) is 24.2 Å². The molecule has 0 bridgehead atoms. The third-order valence-electron chi connectivity index (χ3n) is 2.64. The van der Waals surface area contributed by atoms with Gasteiger partial charge in [-0.15, -0.1) is 0 Å². The second kappa shape index (κ2) is 6.73. The largest absolute Gasteiger partial charge is 1.00 e. The van der Waals surface area contributed by atoms with Crippen molar-refractivity contribution in [2.75, 3.05) is 6.61 Å². The first-order chi connectivity index (χ1) is 7.45. The molecule has 3 heterocycles. The normalized spacial score (nSPS) is 26.0. The zero-order valence-corrected chi connectivity index (χ0v) is 14.5. The van der Waals surface area contributed by atoms with Gasteiger partial charge in [0, 0.05) is 32.0 Å². The SMILES string of the molecule is C1=NC=N[C]2C=1N=CN2C1CCCCO1.[I-].[Zn]. The van der Waals surface area contributed by atoms with Gasteiger partial charge in [0.05, 0.1) is 6.34 Å². The number of nitrogens with zero attached hydrogens (tertiary/aromatic N) is 4. The van der Waals surface area contributed by atoms with Gasteiger partial charge in [0.2, 0.25) is 6.17 Å². The van der Waals surface area contributed by atoms with Gasteiger partial charge < -0.3 is 33.6 Å². The van der Waals surface area contributed by atoms with E-state index in [1.54, 1.807) is 6.34 Å². The summed E-state index contributed by atoms with van der Waals surface area (Å²) in [5, 5.41) is 0. The number of halogens is 1. The Morgan fingerprint density at radius 3 is 3.00 bits per heavy atom. The van der Waals surface area contributed by atoms with E-state index in [-0.39, 0.29) is 49.7 Å². The minimum atomic E-state index is 0. The van der Waals surface area contributed by atoms with E-state index >= 15 is 0 Å². The van der Waals surface area contributed by atoms with Gasteiger partial charge in [-0.3, -0.25) is 0 Å². The van der Waals surface area contributed by atoms with E-state index in [1.165, 1.54) is 12.8 Å². The Kier molecular flexibility index (Phi) is 5.93. The Labute approximate surface area is 130 Å². The van der Waals surface area contributed by atoms with E-state index in [4.69, 9.17) is 4.74 Å². The maximum Gasteiger partial charge on any atom is 0.239 e. The number of fused-ring (bicyclic) bond motifs is 1. The van der Waals surface area contributed by atoms with Crippen molar-refractivity contribution < 1.29 is 48.2 Å². The van der Waals surface area contributed by atoms with Gasteiger partial charge in [-0.2, -0.15) is 4.99 Å². The fourth-order valence-electron chi connectivity index (χ4n) is 1.89. The van der Waals surface area contributed by atoms with Crippen molar-refractivity contribution in [3.05, 3.63) is 11.9 Å². The number of aliphatic imine (C=N–C) groups is 3. The van der Waals surface area contributed by atoms with Gasteiger partial charge in [0.15, 0.2) is 5.70 Å². The summed E-state index contributed by atoms with van der Waals surface area (Å²) in [6.45, 7) is 0.819. The standard InChI is InChI=1S/C10H11N4O.HI.Zn/c1-2-4-15-9(3-1)14-7-13-8-5-11-6-12-10(8)14;;/h6-7,9H,1-4H2;1H;/p-1. The molecule has 7 heteroatoms. The molecule has 3 rings (SSSR count). The molecule has 0 aromatic heterocycles. The maximum atomic E-state index is 5.68. The average molecular weight is 396 g/mol. The Balaban J connectivity index is 0.000000722. The third-order valence-corrected chi connectivity index (χ3v) is 2.64. The van der Waals surface area contributed by atoms with Gasteiger partial charge >= 0.3 is 0 Å². The summed E-state index contributed by atoms with van der Waals surface area (Å²) in [5.41, 5.74) is 0.701. The topological polar surface area (TPSA) is 49.5 Å². The van der Waals surface area contributed by atoms with Crippen LogP contribution in [0.3, 0.4) is 0 Å². The van der Waals surface area contributed by atoms with Gasteiger partial charge in [0.1, 0.15) is 12.6 Å². The van der Waals surface area contributed by atoms with Crippen molar-refractivity contribution >= 4 is 18.5 Å². The first-order valence-corrected chi connectivity index (χ1v) is 5.12. The van der Waals surface area contributed by atoms with Crippen LogP contribution >= 0.6 is 0 Å². The van der Waals surface area contributed by atoms with Crippen LogP contribution in [0.1, 0.15) is 19.3 Å². The molecular weight excluding hydrogens is 384 g/mol. The number of hydrogen-bond acceptors (Lipinski definition) is 5. The van der Waals surface area contributed by atoms with Crippen LogP contribution in [0.15, 0.2) is 20.7 Å². The monoisotopic (exact) mass is 394 g/mol. The van der Waals surface area contributed by atoms with Gasteiger partial charge in [0.25, 0.3) is 0 Å². The molecule has 3 aliphatic rings. The van der Waals surface area contributed by atoms with Crippen molar-refractivity contribution in [2.45, 2.75) is 25.5 Å². The third kappa shape index (κ3) is 3.02. The summed E-state index contributed by atoms with van der Waals surface area (Å²) in [6, 6.07) is 0. The van der Waals surface area contributed by atoms with Gasteiger partial charge in [-0.1, -0.05) is 0 Å². The summed E-state index contributed by atoms with van der Waals surface area (Å²) in [4.78, 5) is 14.2. The Bertz CT molecular complexity index is 386. The minimum Gasteiger partial charge on any atom is -1.00 e. The number of rotatable bonds is 1. The van der Waals surface area contributed by atoms with Crippen LogP contribution in [0.2, 0.25) is 0 Å². The van der Waals surface area contributed by atoms with Crippen LogP contribution in [-0.4, -0.2) is 36.3 Å². The van der Waals surface area contributed by atoms with Gasteiger partial charge in [-0.05, 0) is 19.3 Å². The molecule has 1 radical (unpaired) electrons. The molecule has 0 saturated carbocycles. The Hall–Kier alpha value is -0.0966. The van der Waals surface area contributed by atoms with Crippen molar-refractivity contribution in [3.63, 3.8) is 0 Å². The number of hydrogen-bond donors (Lipinski definition) is 0. The molecule has 17 heavy (non-hydrogen) atoms. The zero-order valence-electron chi connectivity index (χ0n) is 9.34. The molecule has 0 amide bonds. The molecule has 3 aliphatic heterocycles. The van der Waals surface area contributed by atoms with Crippen LogP contribution in [0, 0.1) is 6.17 Å². The molecule has 0 aromatic rings. The second-order valence-electron chi connectivity index (χ2n) is 3.63. The van der Waals surface area contributed by atoms with E-state index in [9.17, 15) is 0 Å². The van der Waals surface area contributed by atoms with Gasteiger partial charge in [-0.25, -0.2) is 9.98 Å². The first-order valence-electron chi connectivity index (χ1n) is 5.12. The minimum absolute atomic E-state index is 0. The quantitative estimate of drug-likeness (QED) is 0.379. The number of ether oxygens (including phenoxy) is 1. The van der Waals surface area contributed by atoms with E-state index in [0.29, 0.717) is 5.70 Å². The molecule has 0 spiro atoms. The molecule has 1 unspecified atom stereocenters. The second-order valence-corrected chi connectivity index (χ2v) is 3.63. The Morgan fingerprint density at radius 2 is 2.24 bits per heavy atom. The molecule has 87 valence electrons. The van der Waals surface area contributed by atoms with Crippen LogP contribution in [0.25, 0.3) is 0 Å². The van der Waals surface area contributed by atoms with Crippen molar-refractivity contribution in [3.8, 4) is 0 Å². The molecule has 0 aliphatic carbocycles. The molecule has 1 atom stereocenters. The maximum absolute atomic E-state index is 5.68. The van der Waals surface area contributed by atoms with E-state index in [1.807, 2.05) is 4.90 Å². The average Bonchev–Trinajstić information content (AvgIpc) is 2.74. The molecule has 1 fully saturated rings. The van der Waals surface area contributed by atoms with Crippen molar-refractivity contribution in [2.24, 2.45) is 15.0 Å². The molecule has 0 N–H and O–H groups in total. The fourth-order valence-corrected chi connectivity index (χ4v) is 1.89. The Morgan fingerprint density at radius 1 is 1.35 bits per heavy atom. The van der Waals surface area contributed by atoms with E-state index < -0.39 is 0 Å². The predicted octanol–water partition coefficient (Wildman–Crippen LogP) is -2.06. The first kappa shape index (κ1) is 15.0. The van der Waals surface area contributed by atoms with Crippen molar-refractivity contribution in [1.29, 1.82) is 0 Å². The summed E-state index contributed by atoms with van der Waals surface area (Å²) in [7, 11) is 0. The van der Waals surface area contributed by atoms with E-state index in [2.05, 4.69) is 20.8 Å². The summed E-state index contributed by atoms with van der Waals surface area (Å²) < 4.78 is 5.68. The molecule has 0 aromatic carbocycles. The van der Waals surface area contributed by atoms with Crippen molar-refractivity contribution in [1.82, 2.24) is 4.90 Å². The smallest absolute Gasteiger partial charge is 0.239 e. The zero-order chi connectivity index (χ0) is 10.1. The van der Waals surface area contributed by atoms with Crippen LogP contribution in [0.5, 0.6) is 0 Å². The predicted molar refractivity (Wildman–Crippen MR) is 56.6 cm³/mol. The summed E-state index contributed by atoms with van der Waals surface area (Å²) in [5.74, 6) is 2.81.